The van der Waals surface area contributed by atoms with Gasteiger partial charge in [0, 0.05) is 19.7 Å². The van der Waals surface area contributed by atoms with Crippen LogP contribution in [0.5, 0.6) is 0 Å². The number of aryl methyl sites for hydroxylation is 1. The first-order chi connectivity index (χ1) is 10.9. The van der Waals surface area contributed by atoms with E-state index in [4.69, 9.17) is 4.74 Å². The van der Waals surface area contributed by atoms with Gasteiger partial charge >= 0.3 is 0 Å². The minimum absolute atomic E-state index is 0. The zero-order valence-corrected chi connectivity index (χ0v) is 17.7. The monoisotopic (exact) mass is 451 g/mol. The highest BCUT2D eigenvalue weighted by Crippen LogP contribution is 2.16. The molecular weight excluding hydrogens is 420 g/mol. The summed E-state index contributed by atoms with van der Waals surface area (Å²) in [5, 5.41) is 6.53. The quantitative estimate of drug-likeness (QED) is 0.270. The Morgan fingerprint density at radius 1 is 1.29 bits per heavy atom. The lowest BCUT2D eigenvalue weighted by atomic mass is 10.1. The molecule has 0 saturated heterocycles. The highest BCUT2D eigenvalue weighted by Gasteiger charge is 2.09. The lowest BCUT2D eigenvalue weighted by Crippen LogP contribution is -2.38. The van der Waals surface area contributed by atoms with Crippen LogP contribution >= 0.6 is 24.0 Å². The molecule has 0 saturated carbocycles. The van der Waals surface area contributed by atoms with Crippen LogP contribution in [-0.4, -0.2) is 31.8 Å². The van der Waals surface area contributed by atoms with Gasteiger partial charge in [-0.1, -0.05) is 12.1 Å². The predicted octanol–water partition coefficient (Wildman–Crippen LogP) is 4.18. The minimum atomic E-state index is -0.177. The Morgan fingerprint density at radius 2 is 2.00 bits per heavy atom. The van der Waals surface area contributed by atoms with Gasteiger partial charge in [-0.3, -0.25) is 4.99 Å². The first-order valence-corrected chi connectivity index (χ1v) is 8.36. The van der Waals surface area contributed by atoms with Crippen molar-refractivity contribution in [3.8, 4) is 0 Å². The number of benzene rings is 1. The minimum Gasteiger partial charge on any atom is -0.379 e. The molecule has 4 nitrogen and oxygen atoms in total. The molecule has 0 aliphatic carbocycles. The zero-order valence-electron chi connectivity index (χ0n) is 15.4. The third-order valence-corrected chi connectivity index (χ3v) is 3.42. The van der Waals surface area contributed by atoms with Crippen molar-refractivity contribution in [1.29, 1.82) is 0 Å². The van der Waals surface area contributed by atoms with Crippen molar-refractivity contribution in [3.05, 3.63) is 35.1 Å². The fourth-order valence-corrected chi connectivity index (χ4v) is 2.06. The normalized spacial score (nSPS) is 12.7. The van der Waals surface area contributed by atoms with Crippen LogP contribution < -0.4 is 10.6 Å². The standard InChI is InChI=1S/C18H30FN3O.HI/c1-6-20-18(21-10-7-11-23-13(2)3)22-15(5)16-9-8-14(4)17(19)12-16;/h8-9,12-13,15H,6-7,10-11H2,1-5H3,(H2,20,21,22);1H. The third kappa shape index (κ3) is 8.82. The molecule has 0 radical (unpaired) electrons. The summed E-state index contributed by atoms with van der Waals surface area (Å²) in [7, 11) is 0. The molecule has 0 heterocycles. The van der Waals surface area contributed by atoms with E-state index in [1.54, 1.807) is 19.1 Å². The third-order valence-electron chi connectivity index (χ3n) is 3.42. The molecule has 2 N–H and O–H groups in total. The van der Waals surface area contributed by atoms with Crippen LogP contribution in [0, 0.1) is 12.7 Å². The highest BCUT2D eigenvalue weighted by molar-refractivity contribution is 14.0. The molecule has 0 amide bonds. The number of rotatable bonds is 8. The van der Waals surface area contributed by atoms with Crippen LogP contribution in [0.25, 0.3) is 0 Å². The molecule has 0 aliphatic heterocycles. The Balaban J connectivity index is 0.00000529. The average molecular weight is 451 g/mol. The van der Waals surface area contributed by atoms with Gasteiger partial charge in [-0.25, -0.2) is 4.39 Å². The van der Waals surface area contributed by atoms with Crippen LogP contribution in [0.3, 0.4) is 0 Å². The molecule has 0 aromatic heterocycles. The molecule has 1 aromatic carbocycles. The molecular formula is C18H31FIN3O. The van der Waals surface area contributed by atoms with Gasteiger partial charge in [0.15, 0.2) is 5.96 Å². The molecule has 1 aromatic rings. The number of nitrogens with zero attached hydrogens (tertiary/aromatic N) is 1. The summed E-state index contributed by atoms with van der Waals surface area (Å²) in [4.78, 5) is 4.54. The maximum atomic E-state index is 13.7. The van der Waals surface area contributed by atoms with Crippen LogP contribution in [0.4, 0.5) is 4.39 Å². The first-order valence-electron chi connectivity index (χ1n) is 8.36. The lowest BCUT2D eigenvalue weighted by Gasteiger charge is -2.18. The van der Waals surface area contributed by atoms with E-state index < -0.39 is 0 Å². The number of nitrogens with one attached hydrogen (secondary N) is 2. The number of guanidine groups is 1. The van der Waals surface area contributed by atoms with Crippen molar-refractivity contribution in [2.45, 2.75) is 53.2 Å². The van der Waals surface area contributed by atoms with E-state index in [9.17, 15) is 4.39 Å². The van der Waals surface area contributed by atoms with Gasteiger partial charge in [0.05, 0.1) is 12.1 Å². The number of halogens is 2. The van der Waals surface area contributed by atoms with Crippen molar-refractivity contribution in [2.24, 2.45) is 4.99 Å². The Morgan fingerprint density at radius 3 is 2.58 bits per heavy atom. The summed E-state index contributed by atoms with van der Waals surface area (Å²) in [5.74, 6) is 0.564. The summed E-state index contributed by atoms with van der Waals surface area (Å²) in [6.07, 6.45) is 1.13. The van der Waals surface area contributed by atoms with Crippen LogP contribution in [0.1, 0.15) is 51.3 Å². The Kier molecular flexibility index (Phi) is 12.0. The van der Waals surface area contributed by atoms with Gasteiger partial charge < -0.3 is 15.4 Å². The number of hydrogen-bond acceptors (Lipinski definition) is 2. The second kappa shape index (κ2) is 12.5. The largest absolute Gasteiger partial charge is 0.379 e. The molecule has 1 rings (SSSR count). The Bertz CT molecular complexity index is 509. The van der Waals surface area contributed by atoms with Crippen molar-refractivity contribution in [1.82, 2.24) is 10.6 Å². The molecule has 0 spiro atoms. The number of ether oxygens (including phenoxy) is 1. The molecule has 24 heavy (non-hydrogen) atoms. The van der Waals surface area contributed by atoms with E-state index in [0.717, 1.165) is 24.5 Å². The second-order valence-corrected chi connectivity index (χ2v) is 5.91. The molecule has 0 aliphatic rings. The predicted molar refractivity (Wildman–Crippen MR) is 110 cm³/mol. The number of hydrogen-bond donors (Lipinski definition) is 2. The average Bonchev–Trinajstić information content (AvgIpc) is 2.49. The van der Waals surface area contributed by atoms with Gasteiger partial charge in [0.25, 0.3) is 0 Å². The van der Waals surface area contributed by atoms with Gasteiger partial charge in [-0.2, -0.15) is 0 Å². The maximum Gasteiger partial charge on any atom is 0.191 e. The van der Waals surface area contributed by atoms with E-state index in [0.29, 0.717) is 18.7 Å². The van der Waals surface area contributed by atoms with E-state index in [2.05, 4.69) is 15.6 Å². The lowest BCUT2D eigenvalue weighted by molar-refractivity contribution is 0.0782. The first kappa shape index (κ1) is 23.1. The van der Waals surface area contributed by atoms with Crippen LogP contribution in [0.2, 0.25) is 0 Å². The van der Waals surface area contributed by atoms with Crippen molar-refractivity contribution < 1.29 is 9.13 Å². The van der Waals surface area contributed by atoms with E-state index in [1.807, 2.05) is 33.8 Å². The summed E-state index contributed by atoms with van der Waals surface area (Å²) in [5.41, 5.74) is 1.56. The van der Waals surface area contributed by atoms with Gasteiger partial charge in [0.1, 0.15) is 5.82 Å². The summed E-state index contributed by atoms with van der Waals surface area (Å²) < 4.78 is 19.2. The van der Waals surface area contributed by atoms with E-state index in [1.165, 1.54) is 0 Å². The maximum absolute atomic E-state index is 13.7. The fourth-order valence-electron chi connectivity index (χ4n) is 2.06. The molecule has 138 valence electrons. The van der Waals surface area contributed by atoms with Gasteiger partial charge in [-0.15, -0.1) is 24.0 Å². The van der Waals surface area contributed by atoms with Gasteiger partial charge in [-0.05, 0) is 58.2 Å². The summed E-state index contributed by atoms with van der Waals surface area (Å²) in [6.45, 7) is 12.0. The van der Waals surface area contributed by atoms with E-state index in [-0.39, 0.29) is 41.9 Å². The van der Waals surface area contributed by atoms with Crippen LogP contribution in [-0.2, 0) is 4.74 Å². The summed E-state index contributed by atoms with van der Waals surface area (Å²) in [6, 6.07) is 5.30. The Hall–Kier alpha value is -0.890. The van der Waals surface area contributed by atoms with Crippen LogP contribution in [0.15, 0.2) is 23.2 Å². The number of aliphatic imine (C=N–C) groups is 1. The Labute approximate surface area is 162 Å². The van der Waals surface area contributed by atoms with E-state index >= 15 is 0 Å². The molecule has 1 unspecified atom stereocenters. The highest BCUT2D eigenvalue weighted by atomic mass is 127. The smallest absolute Gasteiger partial charge is 0.191 e. The zero-order chi connectivity index (χ0) is 17.2. The van der Waals surface area contributed by atoms with Crippen molar-refractivity contribution >= 4 is 29.9 Å². The SMILES string of the molecule is CCNC(=NCCCOC(C)C)NC(C)c1ccc(C)c(F)c1.I. The summed E-state index contributed by atoms with van der Waals surface area (Å²) >= 11 is 0. The molecule has 6 heteroatoms. The fraction of sp³-hybridized carbons (Fsp3) is 0.611. The molecule has 0 bridgehead atoms. The van der Waals surface area contributed by atoms with Crippen molar-refractivity contribution in [3.63, 3.8) is 0 Å². The molecule has 1 atom stereocenters. The van der Waals surface area contributed by atoms with Crippen molar-refractivity contribution in [2.75, 3.05) is 19.7 Å². The van der Waals surface area contributed by atoms with Gasteiger partial charge in [0.2, 0.25) is 0 Å². The second-order valence-electron chi connectivity index (χ2n) is 5.91. The topological polar surface area (TPSA) is 45.7 Å². The molecule has 0 fully saturated rings.